The summed E-state index contributed by atoms with van der Waals surface area (Å²) in [6, 6.07) is 16.1. The molecule has 0 aliphatic heterocycles. The Morgan fingerprint density at radius 2 is 1.93 bits per heavy atom. The quantitative estimate of drug-likeness (QED) is 0.437. The van der Waals surface area contributed by atoms with Crippen molar-refractivity contribution in [3.63, 3.8) is 0 Å². The minimum Gasteiger partial charge on any atom is -0.494 e. The van der Waals surface area contributed by atoms with E-state index in [1.165, 1.54) is 12.1 Å². The van der Waals surface area contributed by atoms with Gasteiger partial charge < -0.3 is 14.6 Å². The lowest BCUT2D eigenvalue weighted by Gasteiger charge is -2.12. The van der Waals surface area contributed by atoms with Gasteiger partial charge in [0.05, 0.1) is 6.61 Å². The molecule has 7 heteroatoms. The molecular weight excluding hydrogens is 381 g/mol. The number of aromatic nitrogens is 4. The summed E-state index contributed by atoms with van der Waals surface area (Å²) in [5.41, 5.74) is 2.07. The molecule has 0 aliphatic carbocycles. The third-order valence-corrected chi connectivity index (χ3v) is 4.57. The Labute approximate surface area is 174 Å². The van der Waals surface area contributed by atoms with E-state index in [1.54, 1.807) is 18.5 Å². The highest BCUT2D eigenvalue weighted by molar-refractivity contribution is 5.78. The van der Waals surface area contributed by atoms with E-state index >= 15 is 0 Å². The number of rotatable bonds is 8. The number of hydrogen-bond donors (Lipinski definition) is 1. The smallest absolute Gasteiger partial charge is 0.223 e. The fourth-order valence-corrected chi connectivity index (χ4v) is 3.08. The highest BCUT2D eigenvalue weighted by Crippen LogP contribution is 2.30. The minimum absolute atomic E-state index is 0.307. The number of aryl methyl sites for hydroxylation is 1. The normalized spacial score (nSPS) is 10.7. The number of hydrogen-bond acceptors (Lipinski definition) is 5. The van der Waals surface area contributed by atoms with Crippen LogP contribution in [0.5, 0.6) is 5.75 Å². The van der Waals surface area contributed by atoms with Crippen LogP contribution in [0.15, 0.2) is 73.2 Å². The first kappa shape index (κ1) is 19.6. The predicted molar refractivity (Wildman–Crippen MR) is 115 cm³/mol. The van der Waals surface area contributed by atoms with Crippen LogP contribution in [0.3, 0.4) is 0 Å². The Hall–Kier alpha value is -3.74. The monoisotopic (exact) mass is 403 g/mol. The van der Waals surface area contributed by atoms with Gasteiger partial charge in [-0.2, -0.15) is 0 Å². The van der Waals surface area contributed by atoms with E-state index < -0.39 is 0 Å². The van der Waals surface area contributed by atoms with Crippen molar-refractivity contribution in [1.82, 2.24) is 19.5 Å². The number of para-hydroxylation sites is 1. The molecule has 0 aliphatic rings. The molecule has 4 aromatic rings. The second-order valence-electron chi connectivity index (χ2n) is 6.77. The van der Waals surface area contributed by atoms with Crippen molar-refractivity contribution in [2.75, 3.05) is 18.5 Å². The van der Waals surface area contributed by atoms with Crippen molar-refractivity contribution in [3.05, 3.63) is 79.0 Å². The summed E-state index contributed by atoms with van der Waals surface area (Å²) >= 11 is 0. The van der Waals surface area contributed by atoms with Gasteiger partial charge in [-0.3, -0.25) is 0 Å². The SMILES string of the molecule is Cn1ccnc1-c1nc(NCCCOc2ccccc2)ncc1-c1cccc(F)c1. The van der Waals surface area contributed by atoms with Crippen molar-refractivity contribution in [1.29, 1.82) is 0 Å². The van der Waals surface area contributed by atoms with Gasteiger partial charge in [-0.15, -0.1) is 0 Å². The highest BCUT2D eigenvalue weighted by Gasteiger charge is 2.15. The molecular formula is C23H22FN5O. The molecule has 4 rings (SSSR count). The van der Waals surface area contributed by atoms with Crippen LogP contribution in [0.4, 0.5) is 10.3 Å². The summed E-state index contributed by atoms with van der Waals surface area (Å²) in [6.07, 6.45) is 6.05. The number of benzene rings is 2. The highest BCUT2D eigenvalue weighted by atomic mass is 19.1. The first-order valence-corrected chi connectivity index (χ1v) is 9.73. The van der Waals surface area contributed by atoms with Crippen LogP contribution in [-0.4, -0.2) is 32.7 Å². The number of halogens is 1. The molecule has 0 unspecified atom stereocenters. The summed E-state index contributed by atoms with van der Waals surface area (Å²) in [7, 11) is 1.90. The molecule has 0 amide bonds. The summed E-state index contributed by atoms with van der Waals surface area (Å²) in [5, 5.41) is 3.23. The second-order valence-corrected chi connectivity index (χ2v) is 6.77. The van der Waals surface area contributed by atoms with Crippen LogP contribution in [0.2, 0.25) is 0 Å². The maximum absolute atomic E-state index is 13.8. The minimum atomic E-state index is -0.307. The lowest BCUT2D eigenvalue weighted by atomic mass is 10.1. The molecule has 0 atom stereocenters. The third-order valence-electron chi connectivity index (χ3n) is 4.57. The van der Waals surface area contributed by atoms with Crippen LogP contribution in [-0.2, 0) is 7.05 Å². The van der Waals surface area contributed by atoms with Crippen molar-refractivity contribution in [3.8, 4) is 28.4 Å². The zero-order valence-corrected chi connectivity index (χ0v) is 16.6. The Bertz CT molecular complexity index is 1110. The molecule has 0 spiro atoms. The molecule has 0 radical (unpaired) electrons. The maximum Gasteiger partial charge on any atom is 0.223 e. The first-order valence-electron chi connectivity index (χ1n) is 9.73. The van der Waals surface area contributed by atoms with Gasteiger partial charge in [-0.25, -0.2) is 19.3 Å². The largest absolute Gasteiger partial charge is 0.494 e. The summed E-state index contributed by atoms with van der Waals surface area (Å²) in [6.45, 7) is 1.25. The molecule has 6 nitrogen and oxygen atoms in total. The lowest BCUT2D eigenvalue weighted by Crippen LogP contribution is -2.10. The van der Waals surface area contributed by atoms with Gasteiger partial charge in [0, 0.05) is 37.7 Å². The van der Waals surface area contributed by atoms with E-state index in [1.807, 2.05) is 54.2 Å². The molecule has 152 valence electrons. The van der Waals surface area contributed by atoms with Gasteiger partial charge in [0.1, 0.15) is 17.3 Å². The number of anilines is 1. The molecule has 0 bridgehead atoms. The fraction of sp³-hybridized carbons (Fsp3) is 0.174. The summed E-state index contributed by atoms with van der Waals surface area (Å²) < 4.78 is 21.3. The average Bonchev–Trinajstić information content (AvgIpc) is 3.20. The van der Waals surface area contributed by atoms with E-state index in [2.05, 4.69) is 20.3 Å². The number of imidazole rings is 1. The molecule has 0 saturated heterocycles. The second kappa shape index (κ2) is 9.17. The molecule has 0 fully saturated rings. The van der Waals surface area contributed by atoms with Gasteiger partial charge in [-0.1, -0.05) is 30.3 Å². The molecule has 0 saturated carbocycles. The van der Waals surface area contributed by atoms with Crippen LogP contribution in [0, 0.1) is 5.82 Å². The van der Waals surface area contributed by atoms with Crippen LogP contribution in [0.25, 0.3) is 22.6 Å². The van der Waals surface area contributed by atoms with Gasteiger partial charge in [0.25, 0.3) is 0 Å². The molecule has 2 heterocycles. The van der Waals surface area contributed by atoms with E-state index in [4.69, 9.17) is 4.74 Å². The first-order chi connectivity index (χ1) is 14.7. The summed E-state index contributed by atoms with van der Waals surface area (Å²) in [4.78, 5) is 13.5. The zero-order chi connectivity index (χ0) is 20.8. The summed E-state index contributed by atoms with van der Waals surface area (Å²) in [5.74, 6) is 1.73. The topological polar surface area (TPSA) is 64.9 Å². The Balaban J connectivity index is 1.49. The lowest BCUT2D eigenvalue weighted by molar-refractivity contribution is 0.315. The van der Waals surface area contributed by atoms with Crippen molar-refractivity contribution in [2.45, 2.75) is 6.42 Å². The third kappa shape index (κ3) is 4.63. The van der Waals surface area contributed by atoms with E-state index in [0.29, 0.717) is 36.2 Å². The maximum atomic E-state index is 13.8. The molecule has 30 heavy (non-hydrogen) atoms. The van der Waals surface area contributed by atoms with E-state index in [0.717, 1.165) is 17.7 Å². The van der Waals surface area contributed by atoms with Gasteiger partial charge in [-0.05, 0) is 36.2 Å². The van der Waals surface area contributed by atoms with Crippen LogP contribution in [0.1, 0.15) is 6.42 Å². The van der Waals surface area contributed by atoms with Gasteiger partial charge in [0.2, 0.25) is 5.95 Å². The average molecular weight is 403 g/mol. The molecule has 2 aromatic carbocycles. The van der Waals surface area contributed by atoms with E-state index in [-0.39, 0.29) is 5.82 Å². The van der Waals surface area contributed by atoms with E-state index in [9.17, 15) is 4.39 Å². The molecule has 2 aromatic heterocycles. The molecule has 1 N–H and O–H groups in total. The van der Waals surface area contributed by atoms with Crippen molar-refractivity contribution < 1.29 is 9.13 Å². The Morgan fingerprint density at radius 1 is 1.07 bits per heavy atom. The van der Waals surface area contributed by atoms with Crippen molar-refractivity contribution >= 4 is 5.95 Å². The van der Waals surface area contributed by atoms with Crippen molar-refractivity contribution in [2.24, 2.45) is 7.05 Å². The fourth-order valence-electron chi connectivity index (χ4n) is 3.08. The van der Waals surface area contributed by atoms with Gasteiger partial charge in [0.15, 0.2) is 5.82 Å². The number of nitrogens with zero attached hydrogens (tertiary/aromatic N) is 4. The number of ether oxygens (including phenoxy) is 1. The van der Waals surface area contributed by atoms with Crippen LogP contribution < -0.4 is 10.1 Å². The number of nitrogens with one attached hydrogen (secondary N) is 1. The van der Waals surface area contributed by atoms with Crippen LogP contribution >= 0.6 is 0 Å². The predicted octanol–water partition coefficient (Wildman–Crippen LogP) is 4.56. The van der Waals surface area contributed by atoms with Gasteiger partial charge >= 0.3 is 0 Å². The standard InChI is InChI=1S/C23H22FN5O/c1-29-13-12-25-22(29)21-20(17-7-5-8-18(24)15-17)16-27-23(28-21)26-11-6-14-30-19-9-3-2-4-10-19/h2-5,7-10,12-13,15-16H,6,11,14H2,1H3,(H,26,27,28). The Morgan fingerprint density at radius 3 is 2.70 bits per heavy atom. The zero-order valence-electron chi connectivity index (χ0n) is 16.6. The Kier molecular flexibility index (Phi) is 5.98.